The van der Waals surface area contributed by atoms with Crippen molar-refractivity contribution < 1.29 is 19.4 Å². The van der Waals surface area contributed by atoms with Gasteiger partial charge in [0, 0.05) is 24.5 Å². The number of ketones is 1. The summed E-state index contributed by atoms with van der Waals surface area (Å²) in [5.74, 6) is -1.15. The van der Waals surface area contributed by atoms with E-state index in [1.54, 1.807) is 60.9 Å². The average molecular weight is 497 g/mol. The number of benzene rings is 2. The standard InChI is InChI=1S/C26H22Cl2N2O4/c1-15(2)34-19-8-5-17(6-9-19)24(31)22-23(18-7-10-20(27)21(28)12-18)30(26(33)25(22)32)14-16-4-3-11-29-13-16/h3-13,15,23,31H,14H2,1-2H3/b24-22-. The molecule has 1 fully saturated rings. The Hall–Kier alpha value is -3.35. The summed E-state index contributed by atoms with van der Waals surface area (Å²) in [6.45, 7) is 3.95. The van der Waals surface area contributed by atoms with E-state index in [2.05, 4.69) is 4.98 Å². The number of nitrogens with zero attached hydrogens (tertiary/aromatic N) is 2. The van der Waals surface area contributed by atoms with Crippen LogP contribution in [0.1, 0.15) is 36.6 Å². The van der Waals surface area contributed by atoms with Gasteiger partial charge < -0.3 is 14.7 Å². The Labute approximate surface area is 207 Å². The Balaban J connectivity index is 1.82. The Morgan fingerprint density at radius 2 is 1.82 bits per heavy atom. The van der Waals surface area contributed by atoms with Crippen molar-refractivity contribution in [2.75, 3.05) is 0 Å². The molecule has 0 spiro atoms. The lowest BCUT2D eigenvalue weighted by molar-refractivity contribution is -0.140. The Bertz CT molecular complexity index is 1260. The van der Waals surface area contributed by atoms with Gasteiger partial charge in [0.1, 0.15) is 11.5 Å². The molecule has 34 heavy (non-hydrogen) atoms. The molecule has 0 saturated carbocycles. The zero-order valence-corrected chi connectivity index (χ0v) is 20.0. The number of rotatable bonds is 6. The van der Waals surface area contributed by atoms with Crippen LogP contribution in [0.2, 0.25) is 10.0 Å². The van der Waals surface area contributed by atoms with E-state index in [0.29, 0.717) is 21.9 Å². The van der Waals surface area contributed by atoms with Crippen molar-refractivity contribution in [3.8, 4) is 5.75 Å². The molecule has 2 heterocycles. The van der Waals surface area contributed by atoms with E-state index < -0.39 is 17.7 Å². The van der Waals surface area contributed by atoms with Crippen molar-refractivity contribution in [2.24, 2.45) is 0 Å². The van der Waals surface area contributed by atoms with Gasteiger partial charge in [-0.05, 0) is 67.4 Å². The van der Waals surface area contributed by atoms with Crippen LogP contribution in [0.4, 0.5) is 0 Å². The predicted octanol–water partition coefficient (Wildman–Crippen LogP) is 5.80. The fourth-order valence-electron chi connectivity index (χ4n) is 3.88. The Morgan fingerprint density at radius 1 is 1.09 bits per heavy atom. The third-order valence-electron chi connectivity index (χ3n) is 5.37. The molecule has 1 amide bonds. The molecular weight excluding hydrogens is 475 g/mol. The molecule has 2 aromatic carbocycles. The molecule has 1 unspecified atom stereocenters. The third-order valence-corrected chi connectivity index (χ3v) is 6.11. The van der Waals surface area contributed by atoms with Crippen molar-refractivity contribution in [3.63, 3.8) is 0 Å². The van der Waals surface area contributed by atoms with Crippen LogP contribution in [0, 0.1) is 0 Å². The number of aliphatic hydroxyl groups excluding tert-OH is 1. The minimum atomic E-state index is -0.860. The van der Waals surface area contributed by atoms with E-state index in [9.17, 15) is 14.7 Å². The molecule has 3 aromatic rings. The van der Waals surface area contributed by atoms with Gasteiger partial charge in [0.2, 0.25) is 0 Å². The zero-order chi connectivity index (χ0) is 24.4. The van der Waals surface area contributed by atoms with Crippen molar-refractivity contribution >= 4 is 40.7 Å². The molecule has 1 aromatic heterocycles. The molecule has 1 N–H and O–H groups in total. The highest BCUT2D eigenvalue weighted by atomic mass is 35.5. The van der Waals surface area contributed by atoms with E-state index in [0.717, 1.165) is 5.56 Å². The molecule has 1 saturated heterocycles. The first kappa shape index (κ1) is 23.8. The molecule has 1 aliphatic heterocycles. The van der Waals surface area contributed by atoms with Crippen LogP contribution in [-0.4, -0.2) is 32.8 Å². The number of hydrogen-bond donors (Lipinski definition) is 1. The fraction of sp³-hybridized carbons (Fsp3) is 0.192. The molecule has 6 nitrogen and oxygen atoms in total. The van der Waals surface area contributed by atoms with Gasteiger partial charge in [-0.2, -0.15) is 0 Å². The number of ether oxygens (including phenoxy) is 1. The summed E-state index contributed by atoms with van der Waals surface area (Å²) in [5, 5.41) is 11.8. The van der Waals surface area contributed by atoms with Gasteiger partial charge >= 0.3 is 0 Å². The number of halogens is 2. The average Bonchev–Trinajstić information content (AvgIpc) is 3.06. The summed E-state index contributed by atoms with van der Waals surface area (Å²) in [6.07, 6.45) is 3.24. The number of hydrogen-bond acceptors (Lipinski definition) is 5. The van der Waals surface area contributed by atoms with E-state index in [-0.39, 0.29) is 29.0 Å². The van der Waals surface area contributed by atoms with E-state index in [1.165, 1.54) is 4.90 Å². The molecule has 1 aliphatic rings. The topological polar surface area (TPSA) is 79.7 Å². The summed E-state index contributed by atoms with van der Waals surface area (Å²) in [5.41, 5.74) is 1.66. The summed E-state index contributed by atoms with van der Waals surface area (Å²) < 4.78 is 5.65. The monoisotopic (exact) mass is 496 g/mol. The summed E-state index contributed by atoms with van der Waals surface area (Å²) in [7, 11) is 0. The van der Waals surface area contributed by atoms with Gasteiger partial charge in [-0.15, -0.1) is 0 Å². The first-order chi connectivity index (χ1) is 16.3. The van der Waals surface area contributed by atoms with Gasteiger partial charge in [0.05, 0.1) is 27.8 Å². The summed E-state index contributed by atoms with van der Waals surface area (Å²) in [4.78, 5) is 31.8. The van der Waals surface area contributed by atoms with Crippen LogP contribution >= 0.6 is 23.2 Å². The Kier molecular flexibility index (Phi) is 6.91. The second-order valence-corrected chi connectivity index (χ2v) is 8.97. The zero-order valence-electron chi connectivity index (χ0n) is 18.5. The summed E-state index contributed by atoms with van der Waals surface area (Å²) in [6, 6.07) is 14.3. The number of aliphatic hydroxyl groups is 1. The van der Waals surface area contributed by atoms with Crippen LogP contribution in [0.15, 0.2) is 72.6 Å². The number of Topliss-reactive ketones (excluding diaryl/α,β-unsaturated/α-hetero) is 1. The number of pyridine rings is 1. The number of carbonyl (C=O) groups excluding carboxylic acids is 2. The molecule has 8 heteroatoms. The molecule has 0 aliphatic carbocycles. The molecule has 0 bridgehead atoms. The third kappa shape index (κ3) is 4.79. The fourth-order valence-corrected chi connectivity index (χ4v) is 4.19. The van der Waals surface area contributed by atoms with Crippen LogP contribution in [-0.2, 0) is 16.1 Å². The van der Waals surface area contributed by atoms with Crippen molar-refractivity contribution in [2.45, 2.75) is 32.5 Å². The minimum Gasteiger partial charge on any atom is -0.507 e. The number of aromatic nitrogens is 1. The lowest BCUT2D eigenvalue weighted by Gasteiger charge is -2.25. The highest BCUT2D eigenvalue weighted by Gasteiger charge is 2.46. The molecule has 4 rings (SSSR count). The highest BCUT2D eigenvalue weighted by Crippen LogP contribution is 2.41. The predicted molar refractivity (Wildman–Crippen MR) is 131 cm³/mol. The summed E-state index contributed by atoms with van der Waals surface area (Å²) >= 11 is 12.3. The number of carbonyl (C=O) groups is 2. The van der Waals surface area contributed by atoms with Gasteiger partial charge in [-0.3, -0.25) is 14.6 Å². The van der Waals surface area contributed by atoms with E-state index >= 15 is 0 Å². The molecule has 1 atom stereocenters. The van der Waals surface area contributed by atoms with Gasteiger partial charge in [0.25, 0.3) is 11.7 Å². The second kappa shape index (κ2) is 9.87. The quantitative estimate of drug-likeness (QED) is 0.265. The highest BCUT2D eigenvalue weighted by molar-refractivity contribution is 6.46. The van der Waals surface area contributed by atoms with Crippen molar-refractivity contribution in [1.29, 1.82) is 0 Å². The first-order valence-electron chi connectivity index (χ1n) is 10.7. The second-order valence-electron chi connectivity index (χ2n) is 8.15. The SMILES string of the molecule is CC(C)Oc1ccc(/C(O)=C2/C(=O)C(=O)N(Cc3cccnc3)C2c2ccc(Cl)c(Cl)c2)cc1. The van der Waals surface area contributed by atoms with Crippen molar-refractivity contribution in [1.82, 2.24) is 9.88 Å². The first-order valence-corrected chi connectivity index (χ1v) is 11.4. The maximum atomic E-state index is 13.2. The van der Waals surface area contributed by atoms with Crippen molar-refractivity contribution in [3.05, 3.63) is 99.3 Å². The van der Waals surface area contributed by atoms with E-state index in [1.807, 2.05) is 19.9 Å². The van der Waals surface area contributed by atoms with Crippen LogP contribution < -0.4 is 4.74 Å². The van der Waals surface area contributed by atoms with Gasteiger partial charge in [0.15, 0.2) is 0 Å². The van der Waals surface area contributed by atoms with Crippen LogP contribution in [0.5, 0.6) is 5.75 Å². The number of likely N-dealkylation sites (tertiary alicyclic amines) is 1. The minimum absolute atomic E-state index is 0.00750. The number of amides is 1. The maximum absolute atomic E-state index is 13.2. The Morgan fingerprint density at radius 3 is 2.44 bits per heavy atom. The van der Waals surface area contributed by atoms with E-state index in [4.69, 9.17) is 27.9 Å². The molecule has 0 radical (unpaired) electrons. The lowest BCUT2D eigenvalue weighted by atomic mass is 9.95. The molecular formula is C26H22Cl2N2O4. The maximum Gasteiger partial charge on any atom is 0.295 e. The largest absolute Gasteiger partial charge is 0.507 e. The van der Waals surface area contributed by atoms with Gasteiger partial charge in [-0.25, -0.2) is 0 Å². The molecule has 174 valence electrons. The van der Waals surface area contributed by atoms with Gasteiger partial charge in [-0.1, -0.05) is 35.3 Å². The van der Waals surface area contributed by atoms with Crippen LogP contribution in [0.3, 0.4) is 0 Å². The van der Waals surface area contributed by atoms with Crippen LogP contribution in [0.25, 0.3) is 5.76 Å². The smallest absolute Gasteiger partial charge is 0.295 e. The lowest BCUT2D eigenvalue weighted by Crippen LogP contribution is -2.29. The normalized spacial score (nSPS) is 17.4.